The van der Waals surface area contributed by atoms with E-state index >= 15 is 0 Å². The van der Waals surface area contributed by atoms with Crippen LogP contribution in [0, 0.1) is 11.8 Å². The standard InChI is InChI=1S/C19H29ClN2O4S/c1-4-26-17-6-5-16(20)13-18(17)27(24,25)22-11-8-15(9-12-22)19(23)21-10-7-14(2)3/h5-6,13-15H,4,7-12H2,1-3H3,(H,21,23). The highest BCUT2D eigenvalue weighted by Crippen LogP contribution is 2.32. The van der Waals surface area contributed by atoms with Crippen LogP contribution in [0.3, 0.4) is 0 Å². The van der Waals surface area contributed by atoms with E-state index < -0.39 is 10.0 Å². The zero-order valence-corrected chi connectivity index (χ0v) is 17.8. The Balaban J connectivity index is 2.03. The highest BCUT2D eigenvalue weighted by atomic mass is 35.5. The largest absolute Gasteiger partial charge is 0.492 e. The lowest BCUT2D eigenvalue weighted by molar-refractivity contribution is -0.126. The van der Waals surface area contributed by atoms with Gasteiger partial charge in [-0.05, 0) is 50.3 Å². The summed E-state index contributed by atoms with van der Waals surface area (Å²) in [6.07, 6.45) is 1.96. The monoisotopic (exact) mass is 416 g/mol. The molecule has 1 fully saturated rings. The van der Waals surface area contributed by atoms with Crippen molar-refractivity contribution in [2.75, 3.05) is 26.2 Å². The van der Waals surface area contributed by atoms with Gasteiger partial charge in [-0.25, -0.2) is 8.42 Å². The van der Waals surface area contributed by atoms with E-state index in [9.17, 15) is 13.2 Å². The molecular formula is C19H29ClN2O4S. The lowest BCUT2D eigenvalue weighted by Gasteiger charge is -2.31. The van der Waals surface area contributed by atoms with Crippen LogP contribution in [0.1, 0.15) is 40.0 Å². The smallest absolute Gasteiger partial charge is 0.246 e. The number of hydrogen-bond donors (Lipinski definition) is 1. The van der Waals surface area contributed by atoms with E-state index in [4.69, 9.17) is 16.3 Å². The molecule has 1 aromatic carbocycles. The second-order valence-corrected chi connectivity index (χ2v) is 9.52. The number of piperidine rings is 1. The zero-order chi connectivity index (χ0) is 20.0. The Morgan fingerprint density at radius 3 is 2.59 bits per heavy atom. The van der Waals surface area contributed by atoms with Crippen LogP contribution >= 0.6 is 11.6 Å². The number of benzene rings is 1. The summed E-state index contributed by atoms with van der Waals surface area (Å²) in [4.78, 5) is 12.4. The van der Waals surface area contributed by atoms with Crippen molar-refractivity contribution in [1.29, 1.82) is 0 Å². The zero-order valence-electron chi connectivity index (χ0n) is 16.2. The van der Waals surface area contributed by atoms with E-state index in [-0.39, 0.29) is 16.7 Å². The molecule has 8 heteroatoms. The Bertz CT molecular complexity index is 744. The number of carbonyl (C=O) groups is 1. The molecule has 152 valence electrons. The molecule has 0 aliphatic carbocycles. The lowest BCUT2D eigenvalue weighted by Crippen LogP contribution is -2.43. The summed E-state index contributed by atoms with van der Waals surface area (Å²) < 4.78 is 33.0. The minimum Gasteiger partial charge on any atom is -0.492 e. The fourth-order valence-electron chi connectivity index (χ4n) is 3.08. The van der Waals surface area contributed by atoms with Crippen LogP contribution in [0.4, 0.5) is 0 Å². The molecule has 0 bridgehead atoms. The molecule has 1 heterocycles. The van der Waals surface area contributed by atoms with Gasteiger partial charge in [-0.15, -0.1) is 0 Å². The Hall–Kier alpha value is -1.31. The summed E-state index contributed by atoms with van der Waals surface area (Å²) in [5.74, 6) is 0.713. The Kier molecular flexibility index (Phi) is 7.94. The first kappa shape index (κ1) is 22.0. The number of ether oxygens (including phenoxy) is 1. The lowest BCUT2D eigenvalue weighted by atomic mass is 9.97. The van der Waals surface area contributed by atoms with Gasteiger partial charge in [0.25, 0.3) is 0 Å². The molecular weight excluding hydrogens is 388 g/mol. The van der Waals surface area contributed by atoms with Gasteiger partial charge in [0.2, 0.25) is 15.9 Å². The summed E-state index contributed by atoms with van der Waals surface area (Å²) in [6, 6.07) is 4.61. The summed E-state index contributed by atoms with van der Waals surface area (Å²) in [5.41, 5.74) is 0. The van der Waals surface area contributed by atoms with Gasteiger partial charge in [0.15, 0.2) is 0 Å². The van der Waals surface area contributed by atoms with Crippen LogP contribution in [-0.4, -0.2) is 44.9 Å². The predicted octanol–water partition coefficient (Wildman–Crippen LogP) is 3.30. The summed E-state index contributed by atoms with van der Waals surface area (Å²) in [5, 5.41) is 3.30. The van der Waals surface area contributed by atoms with Crippen LogP contribution in [0.5, 0.6) is 5.75 Å². The van der Waals surface area contributed by atoms with Crippen LogP contribution < -0.4 is 10.1 Å². The average Bonchev–Trinajstić information content (AvgIpc) is 2.63. The molecule has 0 saturated carbocycles. The number of hydrogen-bond acceptors (Lipinski definition) is 4. The van der Waals surface area contributed by atoms with Crippen molar-refractivity contribution in [2.24, 2.45) is 11.8 Å². The molecule has 1 N–H and O–H groups in total. The van der Waals surface area contributed by atoms with Crippen molar-refractivity contribution in [2.45, 2.75) is 44.9 Å². The van der Waals surface area contributed by atoms with Crippen molar-refractivity contribution in [1.82, 2.24) is 9.62 Å². The molecule has 27 heavy (non-hydrogen) atoms. The van der Waals surface area contributed by atoms with Gasteiger partial charge in [-0.3, -0.25) is 4.79 Å². The molecule has 0 aromatic heterocycles. The second-order valence-electron chi connectivity index (χ2n) is 7.18. The molecule has 6 nitrogen and oxygen atoms in total. The topological polar surface area (TPSA) is 75.7 Å². The third-order valence-corrected chi connectivity index (χ3v) is 6.82. The summed E-state index contributed by atoms with van der Waals surface area (Å²) in [7, 11) is -3.72. The maximum absolute atomic E-state index is 13.0. The van der Waals surface area contributed by atoms with Gasteiger partial charge >= 0.3 is 0 Å². The first-order chi connectivity index (χ1) is 12.8. The molecule has 1 aromatic rings. The second kappa shape index (κ2) is 9.75. The normalized spacial score (nSPS) is 16.5. The van der Waals surface area contributed by atoms with Crippen LogP contribution in [-0.2, 0) is 14.8 Å². The van der Waals surface area contributed by atoms with E-state index in [0.717, 1.165) is 6.42 Å². The SMILES string of the molecule is CCOc1ccc(Cl)cc1S(=O)(=O)N1CCC(C(=O)NCCC(C)C)CC1. The van der Waals surface area contributed by atoms with Gasteiger partial charge in [0.05, 0.1) is 6.61 Å². The van der Waals surface area contributed by atoms with Crippen LogP contribution in [0.2, 0.25) is 5.02 Å². The highest BCUT2D eigenvalue weighted by molar-refractivity contribution is 7.89. The van der Waals surface area contributed by atoms with E-state index in [2.05, 4.69) is 19.2 Å². The van der Waals surface area contributed by atoms with Crippen LogP contribution in [0.25, 0.3) is 0 Å². The molecule has 0 unspecified atom stereocenters. The molecule has 1 aliphatic heterocycles. The van der Waals surface area contributed by atoms with Crippen LogP contribution in [0.15, 0.2) is 23.1 Å². The number of sulfonamides is 1. The number of carbonyl (C=O) groups excluding carboxylic acids is 1. The number of nitrogens with zero attached hydrogens (tertiary/aromatic N) is 1. The van der Waals surface area contributed by atoms with Crippen molar-refractivity contribution in [3.05, 3.63) is 23.2 Å². The number of amides is 1. The molecule has 0 spiro atoms. The van der Waals surface area contributed by atoms with E-state index in [0.29, 0.717) is 55.8 Å². The molecule has 1 aliphatic rings. The van der Waals surface area contributed by atoms with E-state index in [1.807, 2.05) is 0 Å². The van der Waals surface area contributed by atoms with Gasteiger partial charge in [0.1, 0.15) is 10.6 Å². The van der Waals surface area contributed by atoms with Gasteiger partial charge in [-0.2, -0.15) is 4.31 Å². The van der Waals surface area contributed by atoms with Gasteiger partial charge < -0.3 is 10.1 Å². The number of halogens is 1. The van der Waals surface area contributed by atoms with E-state index in [1.165, 1.54) is 10.4 Å². The maximum Gasteiger partial charge on any atom is 0.246 e. The van der Waals surface area contributed by atoms with Crippen molar-refractivity contribution >= 4 is 27.5 Å². The summed E-state index contributed by atoms with van der Waals surface area (Å²) in [6.45, 7) is 7.67. The Morgan fingerprint density at radius 2 is 2.00 bits per heavy atom. The van der Waals surface area contributed by atoms with Gasteiger partial charge in [0, 0.05) is 30.6 Å². The maximum atomic E-state index is 13.0. The van der Waals surface area contributed by atoms with Crippen molar-refractivity contribution in [3.63, 3.8) is 0 Å². The van der Waals surface area contributed by atoms with Crippen molar-refractivity contribution < 1.29 is 17.9 Å². The Morgan fingerprint density at radius 1 is 1.33 bits per heavy atom. The molecule has 0 atom stereocenters. The number of nitrogens with one attached hydrogen (secondary N) is 1. The first-order valence-electron chi connectivity index (χ1n) is 9.46. The predicted molar refractivity (Wildman–Crippen MR) is 107 cm³/mol. The van der Waals surface area contributed by atoms with Crippen molar-refractivity contribution in [3.8, 4) is 5.75 Å². The first-order valence-corrected chi connectivity index (χ1v) is 11.3. The molecule has 0 radical (unpaired) electrons. The third-order valence-electron chi connectivity index (χ3n) is 4.67. The molecule has 1 saturated heterocycles. The summed E-state index contributed by atoms with van der Waals surface area (Å²) >= 11 is 6.01. The third kappa shape index (κ3) is 5.83. The molecule has 1 amide bonds. The van der Waals surface area contributed by atoms with E-state index in [1.54, 1.807) is 19.1 Å². The number of rotatable bonds is 8. The minimum atomic E-state index is -3.72. The highest BCUT2D eigenvalue weighted by Gasteiger charge is 2.33. The Labute approximate surface area is 167 Å². The minimum absolute atomic E-state index is 0.0189. The van der Waals surface area contributed by atoms with Gasteiger partial charge in [-0.1, -0.05) is 25.4 Å². The fourth-order valence-corrected chi connectivity index (χ4v) is 4.95. The average molecular weight is 417 g/mol. The quantitative estimate of drug-likeness (QED) is 0.705. The molecule has 2 rings (SSSR count). The fraction of sp³-hybridized carbons (Fsp3) is 0.632.